The van der Waals surface area contributed by atoms with E-state index in [0.29, 0.717) is 29.3 Å². The molecule has 0 amide bonds. The van der Waals surface area contributed by atoms with E-state index in [2.05, 4.69) is 4.98 Å². The molecule has 0 saturated carbocycles. The van der Waals surface area contributed by atoms with E-state index >= 15 is 0 Å². The first-order valence-electron chi connectivity index (χ1n) is 7.29. The third-order valence-electron chi connectivity index (χ3n) is 3.61. The van der Waals surface area contributed by atoms with E-state index in [1.165, 1.54) is 6.07 Å². The van der Waals surface area contributed by atoms with Gasteiger partial charge < -0.3 is 19.8 Å². The number of aryl methyl sites for hydroxylation is 1. The van der Waals surface area contributed by atoms with Gasteiger partial charge >= 0.3 is 0 Å². The zero-order chi connectivity index (χ0) is 17.0. The van der Waals surface area contributed by atoms with Gasteiger partial charge in [0.05, 0.1) is 19.9 Å². The molecule has 0 spiro atoms. The Labute approximate surface area is 139 Å². The van der Waals surface area contributed by atoms with Gasteiger partial charge in [0.15, 0.2) is 4.77 Å². The average molecular weight is 335 g/mol. The molecule has 1 aromatic heterocycles. The molecule has 0 atom stereocenters. The van der Waals surface area contributed by atoms with Crippen LogP contribution in [0.5, 0.6) is 11.5 Å². The molecule has 1 heterocycles. The number of rotatable bonds is 6. The maximum absolute atomic E-state index is 11.9. The number of nitrogens with two attached hydrogens (primary N) is 1. The predicted octanol–water partition coefficient (Wildman–Crippen LogP) is 2.25. The molecule has 2 rings (SSSR count). The molecule has 0 aliphatic rings. The molecule has 0 aliphatic heterocycles. The summed E-state index contributed by atoms with van der Waals surface area (Å²) in [5, 5.41) is 0. The summed E-state index contributed by atoms with van der Waals surface area (Å²) in [6.07, 6.45) is 0.755. The Hall–Kier alpha value is -2.12. The summed E-state index contributed by atoms with van der Waals surface area (Å²) in [5.41, 5.74) is 7.80. The Morgan fingerprint density at radius 3 is 2.52 bits per heavy atom. The topological polar surface area (TPSA) is 82.3 Å². The van der Waals surface area contributed by atoms with Crippen LogP contribution in [0.3, 0.4) is 0 Å². The Morgan fingerprint density at radius 2 is 1.91 bits per heavy atom. The van der Waals surface area contributed by atoms with Crippen molar-refractivity contribution in [1.82, 2.24) is 9.55 Å². The van der Waals surface area contributed by atoms with Gasteiger partial charge in [-0.1, -0.05) is 0 Å². The molecule has 0 unspecified atom stereocenters. The summed E-state index contributed by atoms with van der Waals surface area (Å²) < 4.78 is 13.0. The van der Waals surface area contributed by atoms with Crippen LogP contribution in [0.1, 0.15) is 12.0 Å². The minimum Gasteiger partial charge on any atom is -0.496 e. The van der Waals surface area contributed by atoms with Crippen LogP contribution in [0, 0.1) is 11.7 Å². The standard InChI is InChI=1S/C16H21N3O3S/c1-10-7-11(14(22-3)9-13(10)21-2)12-8-15(20)18-16(23)19(12)6-4-5-17/h7-9H,4-6,17H2,1-3H3,(H,18,20,23). The van der Waals surface area contributed by atoms with Crippen molar-refractivity contribution in [2.24, 2.45) is 5.73 Å². The Bertz CT molecular complexity index is 811. The van der Waals surface area contributed by atoms with Crippen molar-refractivity contribution in [3.05, 3.63) is 38.9 Å². The zero-order valence-electron chi connectivity index (χ0n) is 13.5. The van der Waals surface area contributed by atoms with Crippen LogP contribution < -0.4 is 20.8 Å². The molecule has 0 radical (unpaired) electrons. The average Bonchev–Trinajstić information content (AvgIpc) is 2.53. The Kier molecular flexibility index (Phi) is 5.57. The predicted molar refractivity (Wildman–Crippen MR) is 92.8 cm³/mol. The first-order valence-corrected chi connectivity index (χ1v) is 7.69. The summed E-state index contributed by atoms with van der Waals surface area (Å²) in [4.78, 5) is 14.5. The van der Waals surface area contributed by atoms with Gasteiger partial charge in [-0.05, 0) is 43.7 Å². The van der Waals surface area contributed by atoms with Gasteiger partial charge in [-0.3, -0.25) is 9.78 Å². The molecule has 7 heteroatoms. The largest absolute Gasteiger partial charge is 0.496 e. The van der Waals surface area contributed by atoms with Crippen molar-refractivity contribution in [1.29, 1.82) is 0 Å². The summed E-state index contributed by atoms with van der Waals surface area (Å²) in [6, 6.07) is 5.26. The van der Waals surface area contributed by atoms with Crippen molar-refractivity contribution in [3.8, 4) is 22.8 Å². The molecule has 3 N–H and O–H groups in total. The number of benzene rings is 1. The third-order valence-corrected chi connectivity index (χ3v) is 3.94. The van der Waals surface area contributed by atoms with Gasteiger partial charge in [0, 0.05) is 24.2 Å². The highest BCUT2D eigenvalue weighted by molar-refractivity contribution is 7.71. The fourth-order valence-corrected chi connectivity index (χ4v) is 2.76. The molecule has 23 heavy (non-hydrogen) atoms. The Balaban J connectivity index is 2.72. The number of aromatic amines is 1. The monoisotopic (exact) mass is 335 g/mol. The Morgan fingerprint density at radius 1 is 1.22 bits per heavy atom. The van der Waals surface area contributed by atoms with Crippen LogP contribution in [-0.2, 0) is 6.54 Å². The minimum atomic E-state index is -0.246. The van der Waals surface area contributed by atoms with Gasteiger partial charge in [0.25, 0.3) is 5.56 Å². The van der Waals surface area contributed by atoms with E-state index in [4.69, 9.17) is 27.4 Å². The number of nitrogens with zero attached hydrogens (tertiary/aromatic N) is 1. The lowest BCUT2D eigenvalue weighted by Crippen LogP contribution is -2.16. The molecule has 1 aromatic carbocycles. The second-order valence-corrected chi connectivity index (χ2v) is 5.53. The zero-order valence-corrected chi connectivity index (χ0v) is 14.3. The van der Waals surface area contributed by atoms with Gasteiger partial charge in [-0.25, -0.2) is 0 Å². The van der Waals surface area contributed by atoms with E-state index in [9.17, 15) is 4.79 Å². The van der Waals surface area contributed by atoms with Crippen molar-refractivity contribution < 1.29 is 9.47 Å². The first kappa shape index (κ1) is 17.2. The lowest BCUT2D eigenvalue weighted by atomic mass is 10.1. The molecule has 0 saturated heterocycles. The van der Waals surface area contributed by atoms with Gasteiger partial charge in [-0.2, -0.15) is 0 Å². The second-order valence-electron chi connectivity index (χ2n) is 5.14. The van der Waals surface area contributed by atoms with Crippen LogP contribution in [0.2, 0.25) is 0 Å². The molecular weight excluding hydrogens is 314 g/mol. The molecule has 6 nitrogen and oxygen atoms in total. The number of nitrogens with one attached hydrogen (secondary N) is 1. The summed E-state index contributed by atoms with van der Waals surface area (Å²) in [7, 11) is 3.19. The number of hydrogen-bond donors (Lipinski definition) is 2. The quantitative estimate of drug-likeness (QED) is 0.791. The van der Waals surface area contributed by atoms with Crippen molar-refractivity contribution >= 4 is 12.2 Å². The van der Waals surface area contributed by atoms with Crippen molar-refractivity contribution in [3.63, 3.8) is 0 Å². The second kappa shape index (κ2) is 7.43. The summed E-state index contributed by atoms with van der Waals surface area (Å²) in [6.45, 7) is 3.10. The maximum atomic E-state index is 11.9. The number of hydrogen-bond acceptors (Lipinski definition) is 5. The number of methoxy groups -OCH3 is 2. The highest BCUT2D eigenvalue weighted by Gasteiger charge is 2.14. The van der Waals surface area contributed by atoms with Crippen LogP contribution in [0.4, 0.5) is 0 Å². The number of ether oxygens (including phenoxy) is 2. The highest BCUT2D eigenvalue weighted by Crippen LogP contribution is 2.35. The summed E-state index contributed by atoms with van der Waals surface area (Å²) in [5.74, 6) is 1.34. The fraction of sp³-hybridized carbons (Fsp3) is 0.375. The van der Waals surface area contributed by atoms with E-state index < -0.39 is 0 Å². The van der Waals surface area contributed by atoms with Crippen LogP contribution in [0.15, 0.2) is 23.0 Å². The van der Waals surface area contributed by atoms with E-state index in [0.717, 1.165) is 23.3 Å². The molecule has 2 aromatic rings. The van der Waals surface area contributed by atoms with Gasteiger partial charge in [0.1, 0.15) is 11.5 Å². The van der Waals surface area contributed by atoms with E-state index in [-0.39, 0.29) is 5.56 Å². The molecular formula is C16H21N3O3S. The smallest absolute Gasteiger partial charge is 0.252 e. The fourth-order valence-electron chi connectivity index (χ4n) is 2.47. The number of aromatic nitrogens is 2. The maximum Gasteiger partial charge on any atom is 0.252 e. The molecule has 124 valence electrons. The third kappa shape index (κ3) is 3.62. The van der Waals surface area contributed by atoms with Gasteiger partial charge in [-0.15, -0.1) is 0 Å². The van der Waals surface area contributed by atoms with Crippen molar-refractivity contribution in [2.75, 3.05) is 20.8 Å². The lowest BCUT2D eigenvalue weighted by molar-refractivity contribution is 0.393. The normalized spacial score (nSPS) is 10.6. The van der Waals surface area contributed by atoms with E-state index in [1.807, 2.05) is 23.6 Å². The van der Waals surface area contributed by atoms with Crippen LogP contribution in [-0.4, -0.2) is 30.3 Å². The SMILES string of the molecule is COc1cc(OC)c(-c2cc(=O)[nH]c(=S)n2CCCN)cc1C. The van der Waals surface area contributed by atoms with Crippen LogP contribution in [0.25, 0.3) is 11.3 Å². The molecule has 0 aliphatic carbocycles. The lowest BCUT2D eigenvalue weighted by Gasteiger charge is -2.17. The van der Waals surface area contributed by atoms with Crippen molar-refractivity contribution in [2.45, 2.75) is 19.9 Å². The molecule has 0 fully saturated rings. The van der Waals surface area contributed by atoms with E-state index in [1.54, 1.807) is 14.2 Å². The summed E-state index contributed by atoms with van der Waals surface area (Å²) >= 11 is 5.30. The van der Waals surface area contributed by atoms with Gasteiger partial charge in [0.2, 0.25) is 0 Å². The number of H-pyrrole nitrogens is 1. The highest BCUT2D eigenvalue weighted by atomic mass is 32.1. The first-order chi connectivity index (χ1) is 11.0. The van der Waals surface area contributed by atoms with Crippen LogP contribution >= 0.6 is 12.2 Å². The molecule has 0 bridgehead atoms. The minimum absolute atomic E-state index is 0.246.